The third-order valence-corrected chi connectivity index (χ3v) is 2.55. The largest absolute Gasteiger partial charge is 0.369 e. The van der Waals surface area contributed by atoms with Gasteiger partial charge >= 0.3 is 0 Å². The zero-order valence-electron chi connectivity index (χ0n) is 9.42. The maximum Gasteiger partial charge on any atom is 0.130 e. The zero-order valence-corrected chi connectivity index (χ0v) is 11.0. The van der Waals surface area contributed by atoms with Crippen molar-refractivity contribution < 1.29 is 0 Å². The van der Waals surface area contributed by atoms with E-state index in [4.69, 9.17) is 0 Å². The Morgan fingerprint density at radius 2 is 2.20 bits per heavy atom. The first-order chi connectivity index (χ1) is 7.11. The standard InChI is InChI=1S/C10H17BrN4/c1-4-15(3)6-5-12-10-7-9(11)13-8(2)14-10/h7H,4-6H2,1-3H3,(H,12,13,14). The van der Waals surface area contributed by atoms with E-state index in [-0.39, 0.29) is 0 Å². The summed E-state index contributed by atoms with van der Waals surface area (Å²) in [6, 6.07) is 1.89. The third-order valence-electron chi connectivity index (χ3n) is 2.15. The molecular weight excluding hydrogens is 256 g/mol. The number of nitrogens with one attached hydrogen (secondary N) is 1. The van der Waals surface area contributed by atoms with E-state index in [1.807, 2.05) is 13.0 Å². The van der Waals surface area contributed by atoms with Crippen molar-refractivity contribution in [1.29, 1.82) is 0 Å². The number of aryl methyl sites for hydroxylation is 1. The van der Waals surface area contributed by atoms with Crippen molar-refractivity contribution in [1.82, 2.24) is 14.9 Å². The van der Waals surface area contributed by atoms with Gasteiger partial charge in [-0.2, -0.15) is 0 Å². The molecule has 5 heteroatoms. The lowest BCUT2D eigenvalue weighted by Crippen LogP contribution is -2.25. The number of rotatable bonds is 5. The summed E-state index contributed by atoms with van der Waals surface area (Å²) in [6.45, 7) is 7.00. The van der Waals surface area contributed by atoms with E-state index in [0.717, 1.165) is 35.9 Å². The molecule has 0 aromatic carbocycles. The quantitative estimate of drug-likeness (QED) is 0.832. The van der Waals surface area contributed by atoms with Gasteiger partial charge in [-0.25, -0.2) is 9.97 Å². The fraction of sp³-hybridized carbons (Fsp3) is 0.600. The van der Waals surface area contributed by atoms with Crippen molar-refractivity contribution in [3.05, 3.63) is 16.5 Å². The highest BCUT2D eigenvalue weighted by Crippen LogP contribution is 2.11. The van der Waals surface area contributed by atoms with Crippen molar-refractivity contribution in [3.8, 4) is 0 Å². The van der Waals surface area contributed by atoms with E-state index in [9.17, 15) is 0 Å². The lowest BCUT2D eigenvalue weighted by molar-refractivity contribution is 0.367. The number of anilines is 1. The highest BCUT2D eigenvalue weighted by Gasteiger charge is 1.99. The van der Waals surface area contributed by atoms with E-state index < -0.39 is 0 Å². The second-order valence-corrected chi connectivity index (χ2v) is 4.26. The average molecular weight is 273 g/mol. The normalized spacial score (nSPS) is 10.7. The molecule has 0 spiro atoms. The van der Waals surface area contributed by atoms with Gasteiger partial charge in [-0.05, 0) is 36.4 Å². The molecule has 0 fully saturated rings. The van der Waals surface area contributed by atoms with Gasteiger partial charge in [-0.15, -0.1) is 0 Å². The van der Waals surface area contributed by atoms with Gasteiger partial charge in [0.1, 0.15) is 16.2 Å². The van der Waals surface area contributed by atoms with Crippen molar-refractivity contribution in [3.63, 3.8) is 0 Å². The number of likely N-dealkylation sites (N-methyl/N-ethyl adjacent to an activating group) is 1. The average Bonchev–Trinajstić information content (AvgIpc) is 2.16. The summed E-state index contributed by atoms with van der Waals surface area (Å²) in [6.07, 6.45) is 0. The van der Waals surface area contributed by atoms with Gasteiger partial charge in [0.2, 0.25) is 0 Å². The molecule has 0 unspecified atom stereocenters. The van der Waals surface area contributed by atoms with Gasteiger partial charge in [0.05, 0.1) is 0 Å². The minimum Gasteiger partial charge on any atom is -0.369 e. The van der Waals surface area contributed by atoms with Crippen LogP contribution in [0.25, 0.3) is 0 Å². The Morgan fingerprint density at radius 1 is 1.47 bits per heavy atom. The first kappa shape index (κ1) is 12.4. The first-order valence-corrected chi connectivity index (χ1v) is 5.84. The second kappa shape index (κ2) is 6.02. The summed E-state index contributed by atoms with van der Waals surface area (Å²) >= 11 is 3.35. The minimum atomic E-state index is 0.774. The summed E-state index contributed by atoms with van der Waals surface area (Å²) in [5, 5.41) is 3.27. The Kier molecular flexibility index (Phi) is 4.98. The Morgan fingerprint density at radius 3 is 2.80 bits per heavy atom. The van der Waals surface area contributed by atoms with Crippen LogP contribution in [0.15, 0.2) is 10.7 Å². The highest BCUT2D eigenvalue weighted by atomic mass is 79.9. The SMILES string of the molecule is CCN(C)CCNc1cc(Br)nc(C)n1. The summed E-state index contributed by atoms with van der Waals surface area (Å²) in [5.41, 5.74) is 0. The van der Waals surface area contributed by atoms with Crippen molar-refractivity contribution >= 4 is 21.7 Å². The molecule has 15 heavy (non-hydrogen) atoms. The fourth-order valence-corrected chi connectivity index (χ4v) is 1.63. The lowest BCUT2D eigenvalue weighted by Gasteiger charge is -2.14. The van der Waals surface area contributed by atoms with Crippen LogP contribution in [0.4, 0.5) is 5.82 Å². The Labute approximate surface area is 99.2 Å². The van der Waals surface area contributed by atoms with Gasteiger partial charge in [0.25, 0.3) is 0 Å². The molecule has 84 valence electrons. The minimum absolute atomic E-state index is 0.774. The topological polar surface area (TPSA) is 41.0 Å². The number of aromatic nitrogens is 2. The van der Waals surface area contributed by atoms with Gasteiger partial charge in [-0.1, -0.05) is 6.92 Å². The van der Waals surface area contributed by atoms with Crippen LogP contribution in [-0.4, -0.2) is 41.5 Å². The van der Waals surface area contributed by atoms with Crippen molar-refractivity contribution in [2.24, 2.45) is 0 Å². The summed E-state index contributed by atoms with van der Waals surface area (Å²) in [4.78, 5) is 10.7. The molecule has 0 saturated carbocycles. The van der Waals surface area contributed by atoms with E-state index in [0.29, 0.717) is 0 Å². The summed E-state index contributed by atoms with van der Waals surface area (Å²) in [7, 11) is 2.10. The predicted octanol–water partition coefficient (Wildman–Crippen LogP) is 1.91. The highest BCUT2D eigenvalue weighted by molar-refractivity contribution is 9.10. The van der Waals surface area contributed by atoms with Crippen LogP contribution in [0, 0.1) is 6.92 Å². The van der Waals surface area contributed by atoms with Crippen LogP contribution in [0.2, 0.25) is 0 Å². The zero-order chi connectivity index (χ0) is 11.3. The molecule has 0 atom stereocenters. The van der Waals surface area contributed by atoms with Gasteiger partial charge in [0, 0.05) is 19.2 Å². The Hall–Kier alpha value is -0.680. The number of hydrogen-bond acceptors (Lipinski definition) is 4. The van der Waals surface area contributed by atoms with Gasteiger partial charge in [-0.3, -0.25) is 0 Å². The van der Waals surface area contributed by atoms with Crippen LogP contribution < -0.4 is 5.32 Å². The number of halogens is 1. The molecule has 0 radical (unpaired) electrons. The molecule has 1 aromatic heterocycles. The molecule has 0 aliphatic carbocycles. The van der Waals surface area contributed by atoms with Crippen molar-refractivity contribution in [2.75, 3.05) is 32.0 Å². The number of hydrogen-bond donors (Lipinski definition) is 1. The Balaban J connectivity index is 2.43. The van der Waals surface area contributed by atoms with Crippen molar-refractivity contribution in [2.45, 2.75) is 13.8 Å². The molecular formula is C10H17BrN4. The molecule has 0 aliphatic rings. The molecule has 1 N–H and O–H groups in total. The predicted molar refractivity (Wildman–Crippen MR) is 66.1 cm³/mol. The first-order valence-electron chi connectivity index (χ1n) is 5.05. The van der Waals surface area contributed by atoms with Crippen LogP contribution in [0.5, 0.6) is 0 Å². The monoisotopic (exact) mass is 272 g/mol. The molecule has 0 saturated heterocycles. The molecule has 1 aromatic rings. The summed E-state index contributed by atoms with van der Waals surface area (Å²) in [5.74, 6) is 1.65. The Bertz CT molecular complexity index is 296. The van der Waals surface area contributed by atoms with Crippen LogP contribution in [0.1, 0.15) is 12.7 Å². The molecule has 0 aliphatic heterocycles. The molecule has 1 rings (SSSR count). The maximum absolute atomic E-state index is 4.29. The maximum atomic E-state index is 4.29. The molecule has 0 bridgehead atoms. The van der Waals surface area contributed by atoms with E-state index >= 15 is 0 Å². The molecule has 0 amide bonds. The molecule has 4 nitrogen and oxygen atoms in total. The molecule has 1 heterocycles. The third kappa shape index (κ3) is 4.57. The van der Waals surface area contributed by atoms with Crippen LogP contribution in [0.3, 0.4) is 0 Å². The lowest BCUT2D eigenvalue weighted by atomic mass is 10.5. The van der Waals surface area contributed by atoms with Gasteiger partial charge in [0.15, 0.2) is 0 Å². The van der Waals surface area contributed by atoms with E-state index in [1.54, 1.807) is 0 Å². The van der Waals surface area contributed by atoms with Crippen LogP contribution >= 0.6 is 15.9 Å². The van der Waals surface area contributed by atoms with Crippen LogP contribution in [-0.2, 0) is 0 Å². The van der Waals surface area contributed by atoms with E-state index in [2.05, 4.69) is 50.1 Å². The second-order valence-electron chi connectivity index (χ2n) is 3.45. The summed E-state index contributed by atoms with van der Waals surface area (Å²) < 4.78 is 0.821. The fourth-order valence-electron chi connectivity index (χ4n) is 1.15. The smallest absolute Gasteiger partial charge is 0.130 e. The number of nitrogens with zero attached hydrogens (tertiary/aromatic N) is 3. The van der Waals surface area contributed by atoms with Gasteiger partial charge < -0.3 is 10.2 Å². The van der Waals surface area contributed by atoms with E-state index in [1.165, 1.54) is 0 Å².